The van der Waals surface area contributed by atoms with E-state index >= 15 is 0 Å². The lowest BCUT2D eigenvalue weighted by Gasteiger charge is -2.05. The molecule has 0 spiro atoms. The smallest absolute Gasteiger partial charge is 0.00767 e. The first-order valence-electron chi connectivity index (χ1n) is 3.62. The Morgan fingerprint density at radius 2 is 1.89 bits per heavy atom. The van der Waals surface area contributed by atoms with Crippen molar-refractivity contribution in [1.29, 1.82) is 0 Å². The fraction of sp³-hybridized carbons (Fsp3) is 1.00. The monoisotopic (exact) mass is 130 g/mol. The molecule has 0 radical (unpaired) electrons. The summed E-state index contributed by atoms with van der Waals surface area (Å²) in [7, 11) is 1.97. The van der Waals surface area contributed by atoms with Crippen LogP contribution in [0, 0.1) is 5.92 Å². The second-order valence-electron chi connectivity index (χ2n) is 2.70. The van der Waals surface area contributed by atoms with Crippen LogP contribution in [0.25, 0.3) is 0 Å². The van der Waals surface area contributed by atoms with Gasteiger partial charge in [0.1, 0.15) is 0 Å². The number of likely N-dealkylation sites (N-methyl/N-ethyl adjacent to an activating group) is 1. The highest BCUT2D eigenvalue weighted by molar-refractivity contribution is 4.51. The van der Waals surface area contributed by atoms with Crippen LogP contribution in [0.5, 0.6) is 0 Å². The van der Waals surface area contributed by atoms with E-state index in [0.29, 0.717) is 0 Å². The van der Waals surface area contributed by atoms with Gasteiger partial charge in [-0.1, -0.05) is 13.8 Å². The molecule has 0 rings (SSSR count). The van der Waals surface area contributed by atoms with Crippen molar-refractivity contribution in [2.24, 2.45) is 5.92 Å². The van der Waals surface area contributed by atoms with Crippen molar-refractivity contribution in [2.75, 3.05) is 26.7 Å². The van der Waals surface area contributed by atoms with Gasteiger partial charge in [-0.25, -0.2) is 0 Å². The lowest BCUT2D eigenvalue weighted by Crippen LogP contribution is -2.27. The summed E-state index contributed by atoms with van der Waals surface area (Å²) in [5.74, 6) is 0.766. The molecule has 0 aromatic carbocycles. The average molecular weight is 130 g/mol. The van der Waals surface area contributed by atoms with E-state index in [1.54, 1.807) is 0 Å². The van der Waals surface area contributed by atoms with Gasteiger partial charge in [-0.05, 0) is 19.5 Å². The van der Waals surface area contributed by atoms with Crippen LogP contribution in [0.15, 0.2) is 0 Å². The summed E-state index contributed by atoms with van der Waals surface area (Å²) in [6.07, 6.45) is 0. The van der Waals surface area contributed by atoms with Gasteiger partial charge in [0.25, 0.3) is 0 Å². The molecule has 0 bridgehead atoms. The second kappa shape index (κ2) is 6.05. The van der Waals surface area contributed by atoms with Crippen molar-refractivity contribution in [3.8, 4) is 0 Å². The lowest BCUT2D eigenvalue weighted by molar-refractivity contribution is 0.546. The topological polar surface area (TPSA) is 24.1 Å². The van der Waals surface area contributed by atoms with Gasteiger partial charge in [-0.2, -0.15) is 0 Å². The van der Waals surface area contributed by atoms with Crippen LogP contribution >= 0.6 is 0 Å². The molecule has 0 aromatic rings. The fourth-order valence-electron chi connectivity index (χ4n) is 0.604. The molecular weight excluding hydrogens is 112 g/mol. The Bertz CT molecular complexity index is 52.9. The summed E-state index contributed by atoms with van der Waals surface area (Å²) in [4.78, 5) is 0. The first-order valence-corrected chi connectivity index (χ1v) is 3.62. The van der Waals surface area contributed by atoms with E-state index in [0.717, 1.165) is 25.6 Å². The third-order valence-corrected chi connectivity index (χ3v) is 1.10. The maximum absolute atomic E-state index is 3.32. The largest absolute Gasteiger partial charge is 0.318 e. The third-order valence-electron chi connectivity index (χ3n) is 1.10. The first-order chi connectivity index (χ1) is 4.27. The predicted molar refractivity (Wildman–Crippen MR) is 41.6 cm³/mol. The summed E-state index contributed by atoms with van der Waals surface area (Å²) in [6.45, 7) is 7.70. The van der Waals surface area contributed by atoms with Gasteiger partial charge < -0.3 is 10.6 Å². The van der Waals surface area contributed by atoms with Gasteiger partial charge in [-0.3, -0.25) is 0 Å². The molecule has 0 aliphatic carbocycles. The molecule has 0 amide bonds. The molecule has 2 N–H and O–H groups in total. The van der Waals surface area contributed by atoms with Gasteiger partial charge in [0.2, 0.25) is 0 Å². The van der Waals surface area contributed by atoms with E-state index in [9.17, 15) is 0 Å². The van der Waals surface area contributed by atoms with Gasteiger partial charge >= 0.3 is 0 Å². The number of hydrogen-bond acceptors (Lipinski definition) is 2. The zero-order chi connectivity index (χ0) is 7.11. The minimum absolute atomic E-state index is 0.766. The van der Waals surface area contributed by atoms with E-state index in [2.05, 4.69) is 24.5 Å². The number of hydrogen-bond donors (Lipinski definition) is 2. The van der Waals surface area contributed by atoms with Crippen LogP contribution in [0.4, 0.5) is 0 Å². The second-order valence-corrected chi connectivity index (χ2v) is 2.70. The standard InChI is InChI=1S/C7H18N2/c1-7(2)6-9-5-4-8-3/h7-9H,4-6H2,1-3H3. The van der Waals surface area contributed by atoms with Gasteiger partial charge in [0.05, 0.1) is 0 Å². The first kappa shape index (κ1) is 8.92. The van der Waals surface area contributed by atoms with Crippen molar-refractivity contribution < 1.29 is 0 Å². The Balaban J connectivity index is 2.75. The molecule has 56 valence electrons. The van der Waals surface area contributed by atoms with E-state index in [1.807, 2.05) is 7.05 Å². The fourth-order valence-corrected chi connectivity index (χ4v) is 0.604. The van der Waals surface area contributed by atoms with Crippen molar-refractivity contribution in [3.63, 3.8) is 0 Å². The Morgan fingerprint density at radius 1 is 1.22 bits per heavy atom. The van der Waals surface area contributed by atoms with Crippen molar-refractivity contribution in [2.45, 2.75) is 13.8 Å². The Hall–Kier alpha value is -0.0800. The molecule has 2 nitrogen and oxygen atoms in total. The molecule has 0 aliphatic heterocycles. The molecule has 2 heteroatoms. The van der Waals surface area contributed by atoms with Gasteiger partial charge in [0.15, 0.2) is 0 Å². The highest BCUT2D eigenvalue weighted by atomic mass is 14.9. The van der Waals surface area contributed by atoms with Crippen LogP contribution in [-0.2, 0) is 0 Å². The molecule has 0 heterocycles. The van der Waals surface area contributed by atoms with E-state index in [1.165, 1.54) is 0 Å². The van der Waals surface area contributed by atoms with Crippen molar-refractivity contribution >= 4 is 0 Å². The highest BCUT2D eigenvalue weighted by Crippen LogP contribution is 1.85. The summed E-state index contributed by atoms with van der Waals surface area (Å²) in [5.41, 5.74) is 0. The lowest BCUT2D eigenvalue weighted by atomic mass is 10.2. The summed E-state index contributed by atoms with van der Waals surface area (Å²) < 4.78 is 0. The molecule has 0 fully saturated rings. The zero-order valence-corrected chi connectivity index (χ0v) is 6.70. The van der Waals surface area contributed by atoms with E-state index in [4.69, 9.17) is 0 Å². The molecule has 0 aliphatic rings. The third kappa shape index (κ3) is 7.92. The van der Waals surface area contributed by atoms with Crippen molar-refractivity contribution in [1.82, 2.24) is 10.6 Å². The van der Waals surface area contributed by atoms with E-state index < -0.39 is 0 Å². The average Bonchev–Trinajstić information content (AvgIpc) is 1.80. The number of rotatable bonds is 5. The minimum atomic E-state index is 0.766. The molecule has 0 atom stereocenters. The summed E-state index contributed by atoms with van der Waals surface area (Å²) in [6, 6.07) is 0. The molecule has 0 unspecified atom stereocenters. The van der Waals surface area contributed by atoms with Gasteiger partial charge in [-0.15, -0.1) is 0 Å². The Morgan fingerprint density at radius 3 is 2.33 bits per heavy atom. The molecular formula is C7H18N2. The quantitative estimate of drug-likeness (QED) is 0.528. The van der Waals surface area contributed by atoms with Crippen LogP contribution < -0.4 is 10.6 Å². The SMILES string of the molecule is CNCCNCC(C)C. The highest BCUT2D eigenvalue weighted by Gasteiger charge is 1.89. The normalized spacial score (nSPS) is 10.7. The van der Waals surface area contributed by atoms with Crippen molar-refractivity contribution in [3.05, 3.63) is 0 Å². The Labute approximate surface area is 58.0 Å². The molecule has 9 heavy (non-hydrogen) atoms. The molecule has 0 saturated heterocycles. The molecule has 0 aromatic heterocycles. The van der Waals surface area contributed by atoms with E-state index in [-0.39, 0.29) is 0 Å². The summed E-state index contributed by atoms with van der Waals surface area (Å²) in [5, 5.41) is 6.40. The maximum atomic E-state index is 3.32. The van der Waals surface area contributed by atoms with Gasteiger partial charge in [0, 0.05) is 13.1 Å². The Kier molecular flexibility index (Phi) is 5.99. The van der Waals surface area contributed by atoms with Crippen LogP contribution in [0.2, 0.25) is 0 Å². The summed E-state index contributed by atoms with van der Waals surface area (Å²) >= 11 is 0. The van der Waals surface area contributed by atoms with Crippen LogP contribution in [0.3, 0.4) is 0 Å². The zero-order valence-electron chi connectivity index (χ0n) is 6.70. The van der Waals surface area contributed by atoms with Crippen LogP contribution in [-0.4, -0.2) is 26.7 Å². The molecule has 0 saturated carbocycles. The maximum Gasteiger partial charge on any atom is 0.00767 e. The van der Waals surface area contributed by atoms with Crippen LogP contribution in [0.1, 0.15) is 13.8 Å². The minimum Gasteiger partial charge on any atom is -0.318 e. The number of nitrogens with one attached hydrogen (secondary N) is 2. The predicted octanol–water partition coefficient (Wildman–Crippen LogP) is 0.451.